The first kappa shape index (κ1) is 9.72. The van der Waals surface area contributed by atoms with Gasteiger partial charge in [-0.3, -0.25) is 4.79 Å². The molecular weight excluding hydrogens is 152 g/mol. The van der Waals surface area contributed by atoms with Crippen LogP contribution in [0.1, 0.15) is 39.5 Å². The van der Waals surface area contributed by atoms with Crippen LogP contribution in [0.4, 0.5) is 0 Å². The summed E-state index contributed by atoms with van der Waals surface area (Å²) in [7, 11) is 1.76. The van der Waals surface area contributed by atoms with E-state index < -0.39 is 0 Å². The second-order valence-electron chi connectivity index (χ2n) is 4.04. The second-order valence-corrected chi connectivity index (χ2v) is 4.04. The van der Waals surface area contributed by atoms with Crippen molar-refractivity contribution in [3.8, 4) is 0 Å². The molecule has 0 bridgehead atoms. The Hall–Kier alpha value is -0.370. The van der Waals surface area contributed by atoms with Gasteiger partial charge < -0.3 is 4.74 Å². The van der Waals surface area contributed by atoms with E-state index in [0.29, 0.717) is 11.7 Å². The molecule has 2 heteroatoms. The van der Waals surface area contributed by atoms with Crippen molar-refractivity contribution >= 4 is 5.78 Å². The van der Waals surface area contributed by atoms with E-state index in [1.807, 2.05) is 0 Å². The zero-order valence-corrected chi connectivity index (χ0v) is 8.22. The molecule has 0 aromatic rings. The zero-order chi connectivity index (χ0) is 9.19. The highest BCUT2D eigenvalue weighted by Crippen LogP contribution is 2.34. The molecule has 0 atom stereocenters. The number of hydrogen-bond acceptors (Lipinski definition) is 2. The Morgan fingerprint density at radius 1 is 1.42 bits per heavy atom. The Labute approximate surface area is 74.3 Å². The molecule has 1 fully saturated rings. The molecule has 0 aliphatic heterocycles. The van der Waals surface area contributed by atoms with Crippen molar-refractivity contribution in [2.24, 2.45) is 5.92 Å². The average Bonchev–Trinajstić information content (AvgIpc) is 2.05. The number of methoxy groups -OCH3 is 1. The maximum Gasteiger partial charge on any atom is 0.132 e. The van der Waals surface area contributed by atoms with Crippen LogP contribution < -0.4 is 0 Å². The first-order valence-electron chi connectivity index (χ1n) is 4.63. The van der Waals surface area contributed by atoms with E-state index >= 15 is 0 Å². The van der Waals surface area contributed by atoms with E-state index in [9.17, 15) is 4.79 Å². The molecule has 0 aromatic heterocycles. The van der Waals surface area contributed by atoms with Gasteiger partial charge in [-0.25, -0.2) is 0 Å². The van der Waals surface area contributed by atoms with Crippen LogP contribution in [0.3, 0.4) is 0 Å². The average molecular weight is 170 g/mol. The summed E-state index contributed by atoms with van der Waals surface area (Å²) >= 11 is 0. The largest absolute Gasteiger partial charge is 0.379 e. The molecule has 0 radical (unpaired) electrons. The van der Waals surface area contributed by atoms with Crippen LogP contribution in [-0.4, -0.2) is 18.5 Å². The van der Waals surface area contributed by atoms with Crippen LogP contribution in [0.5, 0.6) is 0 Å². The quantitative estimate of drug-likeness (QED) is 0.635. The molecule has 1 saturated carbocycles. The highest BCUT2D eigenvalue weighted by Gasteiger charge is 2.32. The molecule has 0 spiro atoms. The third-order valence-corrected chi connectivity index (χ3v) is 3.11. The molecule has 0 heterocycles. The summed E-state index contributed by atoms with van der Waals surface area (Å²) in [5, 5.41) is 0. The highest BCUT2D eigenvalue weighted by molar-refractivity contribution is 5.78. The van der Waals surface area contributed by atoms with Crippen molar-refractivity contribution in [3.05, 3.63) is 0 Å². The number of Topliss-reactive ketones (excluding diaryl/α,β-unsaturated/α-hetero) is 1. The maximum atomic E-state index is 11.1. The second kappa shape index (κ2) is 3.56. The Bertz CT molecular complexity index is 167. The van der Waals surface area contributed by atoms with E-state index in [-0.39, 0.29) is 5.60 Å². The van der Waals surface area contributed by atoms with Crippen molar-refractivity contribution in [1.29, 1.82) is 0 Å². The fourth-order valence-corrected chi connectivity index (χ4v) is 1.84. The van der Waals surface area contributed by atoms with Gasteiger partial charge in [-0.2, -0.15) is 0 Å². The minimum Gasteiger partial charge on any atom is -0.379 e. The van der Waals surface area contributed by atoms with Crippen molar-refractivity contribution in [1.82, 2.24) is 0 Å². The predicted molar refractivity (Wildman–Crippen MR) is 48.1 cm³/mol. The van der Waals surface area contributed by atoms with Crippen molar-refractivity contribution in [3.63, 3.8) is 0 Å². The molecule has 0 N–H and O–H groups in total. The lowest BCUT2D eigenvalue weighted by atomic mass is 9.78. The topological polar surface area (TPSA) is 26.3 Å². The van der Waals surface area contributed by atoms with Crippen LogP contribution in [0.25, 0.3) is 0 Å². The van der Waals surface area contributed by atoms with E-state index in [0.717, 1.165) is 25.7 Å². The molecule has 0 aromatic carbocycles. The monoisotopic (exact) mass is 170 g/mol. The van der Waals surface area contributed by atoms with Gasteiger partial charge in [0.2, 0.25) is 0 Å². The minimum atomic E-state index is 0.0337. The normalized spacial score (nSPS) is 36.4. The summed E-state index contributed by atoms with van der Waals surface area (Å²) in [5.74, 6) is 0.640. The highest BCUT2D eigenvalue weighted by atomic mass is 16.5. The van der Waals surface area contributed by atoms with E-state index in [1.54, 1.807) is 14.0 Å². The standard InChI is InChI=1S/C10H18O2/c1-8(11)9-4-6-10(2,12-3)7-5-9/h9H,4-7H2,1-3H3. The van der Waals surface area contributed by atoms with E-state index in [2.05, 4.69) is 6.92 Å². The number of rotatable bonds is 2. The summed E-state index contributed by atoms with van der Waals surface area (Å²) in [5.41, 5.74) is 0.0337. The predicted octanol–water partition coefficient (Wildman–Crippen LogP) is 2.17. The van der Waals surface area contributed by atoms with Crippen LogP contribution >= 0.6 is 0 Å². The lowest BCUT2D eigenvalue weighted by Crippen LogP contribution is -2.34. The molecule has 1 aliphatic rings. The van der Waals surface area contributed by atoms with Gasteiger partial charge in [-0.05, 0) is 39.5 Å². The minimum absolute atomic E-state index is 0.0337. The van der Waals surface area contributed by atoms with Crippen LogP contribution in [0.15, 0.2) is 0 Å². The molecule has 1 aliphatic carbocycles. The molecule has 12 heavy (non-hydrogen) atoms. The van der Waals surface area contributed by atoms with Gasteiger partial charge in [0.15, 0.2) is 0 Å². The van der Waals surface area contributed by atoms with Gasteiger partial charge in [0.25, 0.3) is 0 Å². The lowest BCUT2D eigenvalue weighted by Gasteiger charge is -2.35. The zero-order valence-electron chi connectivity index (χ0n) is 8.22. The first-order chi connectivity index (χ1) is 5.57. The Morgan fingerprint density at radius 2 is 1.92 bits per heavy atom. The van der Waals surface area contributed by atoms with Crippen LogP contribution in [-0.2, 0) is 9.53 Å². The first-order valence-corrected chi connectivity index (χ1v) is 4.63. The fraction of sp³-hybridized carbons (Fsp3) is 0.900. The van der Waals surface area contributed by atoms with Gasteiger partial charge in [0, 0.05) is 13.0 Å². The Kier molecular flexibility index (Phi) is 2.89. The summed E-state index contributed by atoms with van der Waals surface area (Å²) in [6.45, 7) is 3.82. The van der Waals surface area contributed by atoms with Gasteiger partial charge >= 0.3 is 0 Å². The number of carbonyl (C=O) groups is 1. The molecular formula is C10H18O2. The summed E-state index contributed by atoms with van der Waals surface area (Å²) in [4.78, 5) is 11.1. The van der Waals surface area contributed by atoms with E-state index in [4.69, 9.17) is 4.74 Å². The van der Waals surface area contributed by atoms with Crippen LogP contribution in [0, 0.1) is 5.92 Å². The number of carbonyl (C=O) groups excluding carboxylic acids is 1. The van der Waals surface area contributed by atoms with Gasteiger partial charge in [-0.1, -0.05) is 0 Å². The summed E-state index contributed by atoms with van der Waals surface area (Å²) in [6, 6.07) is 0. The summed E-state index contributed by atoms with van der Waals surface area (Å²) in [6.07, 6.45) is 4.04. The Balaban J connectivity index is 2.44. The van der Waals surface area contributed by atoms with Crippen molar-refractivity contribution in [2.45, 2.75) is 45.1 Å². The molecule has 1 rings (SSSR count). The van der Waals surface area contributed by atoms with Crippen molar-refractivity contribution in [2.75, 3.05) is 7.11 Å². The SMILES string of the molecule is COC1(C)CCC(C(C)=O)CC1. The lowest BCUT2D eigenvalue weighted by molar-refractivity contribution is -0.124. The molecule has 70 valence electrons. The van der Waals surface area contributed by atoms with E-state index in [1.165, 1.54) is 0 Å². The number of ether oxygens (including phenoxy) is 1. The number of ketones is 1. The van der Waals surface area contributed by atoms with Gasteiger partial charge in [0.1, 0.15) is 5.78 Å². The third-order valence-electron chi connectivity index (χ3n) is 3.11. The van der Waals surface area contributed by atoms with Crippen LogP contribution in [0.2, 0.25) is 0 Å². The molecule has 0 saturated heterocycles. The number of hydrogen-bond donors (Lipinski definition) is 0. The third kappa shape index (κ3) is 2.07. The Morgan fingerprint density at radius 3 is 2.25 bits per heavy atom. The molecule has 0 unspecified atom stereocenters. The molecule has 2 nitrogen and oxygen atoms in total. The van der Waals surface area contributed by atoms with Gasteiger partial charge in [-0.15, -0.1) is 0 Å². The smallest absolute Gasteiger partial charge is 0.132 e. The fourth-order valence-electron chi connectivity index (χ4n) is 1.84. The summed E-state index contributed by atoms with van der Waals surface area (Å²) < 4.78 is 5.40. The maximum absolute atomic E-state index is 11.1. The van der Waals surface area contributed by atoms with Crippen molar-refractivity contribution < 1.29 is 9.53 Å². The van der Waals surface area contributed by atoms with Gasteiger partial charge in [0.05, 0.1) is 5.60 Å². The molecule has 0 amide bonds.